The van der Waals surface area contributed by atoms with Gasteiger partial charge in [0, 0.05) is 12.2 Å². The number of amides is 3. The number of hydrogen-bond donors (Lipinski definition) is 2. The molecule has 28 heavy (non-hydrogen) atoms. The van der Waals surface area contributed by atoms with Crippen molar-refractivity contribution in [2.24, 2.45) is 0 Å². The van der Waals surface area contributed by atoms with Gasteiger partial charge >= 0.3 is 6.03 Å². The highest BCUT2D eigenvalue weighted by Gasteiger charge is 2.16. The van der Waals surface area contributed by atoms with Crippen molar-refractivity contribution in [2.45, 2.75) is 32.5 Å². The van der Waals surface area contributed by atoms with Crippen molar-refractivity contribution in [2.75, 3.05) is 11.1 Å². The van der Waals surface area contributed by atoms with E-state index < -0.39 is 11.9 Å². The van der Waals surface area contributed by atoms with Crippen LogP contribution in [-0.4, -0.2) is 32.5 Å². The summed E-state index contributed by atoms with van der Waals surface area (Å²) in [5, 5.41) is 16.1. The largest absolute Gasteiger partial charge is 0.325 e. The number of thiophene rings is 1. The zero-order chi connectivity index (χ0) is 20.1. The third-order valence-electron chi connectivity index (χ3n) is 4.12. The molecule has 0 fully saturated rings. The number of carbonyl (C=O) groups is 2. The lowest BCUT2D eigenvalue weighted by atomic mass is 10.1. The maximum absolute atomic E-state index is 12.1. The zero-order valence-corrected chi connectivity index (χ0v) is 17.5. The fourth-order valence-electron chi connectivity index (χ4n) is 2.54. The number of carbonyl (C=O) groups excluding carboxylic acids is 2. The smallest absolute Gasteiger partial charge is 0.308 e. The molecule has 0 saturated heterocycles. The number of aryl methyl sites for hydroxylation is 2. The number of anilines is 1. The van der Waals surface area contributed by atoms with E-state index in [1.54, 1.807) is 17.4 Å². The molecule has 9 heteroatoms. The van der Waals surface area contributed by atoms with Gasteiger partial charge in [0.1, 0.15) is 0 Å². The Morgan fingerprint density at radius 1 is 1.18 bits per heavy atom. The quantitative estimate of drug-likeness (QED) is 0.592. The van der Waals surface area contributed by atoms with Gasteiger partial charge in [0.05, 0.1) is 10.6 Å². The van der Waals surface area contributed by atoms with E-state index in [9.17, 15) is 9.59 Å². The van der Waals surface area contributed by atoms with Crippen LogP contribution in [-0.2, 0) is 11.3 Å². The molecule has 0 saturated carbocycles. The van der Waals surface area contributed by atoms with Gasteiger partial charge < -0.3 is 9.88 Å². The Labute approximate surface area is 171 Å². The van der Waals surface area contributed by atoms with E-state index in [-0.39, 0.29) is 5.75 Å². The highest BCUT2D eigenvalue weighted by atomic mass is 32.2. The van der Waals surface area contributed by atoms with Crippen molar-refractivity contribution in [3.8, 4) is 10.7 Å². The zero-order valence-electron chi connectivity index (χ0n) is 15.9. The van der Waals surface area contributed by atoms with Crippen LogP contribution in [0.3, 0.4) is 0 Å². The molecule has 3 aromatic rings. The Morgan fingerprint density at radius 3 is 2.68 bits per heavy atom. The highest BCUT2D eigenvalue weighted by Crippen LogP contribution is 2.27. The third kappa shape index (κ3) is 4.79. The molecule has 0 aliphatic heterocycles. The molecule has 0 atom stereocenters. The first kappa shape index (κ1) is 20.1. The van der Waals surface area contributed by atoms with Gasteiger partial charge in [-0.05, 0) is 55.5 Å². The lowest BCUT2D eigenvalue weighted by molar-refractivity contribution is -0.117. The number of rotatable bonds is 6. The summed E-state index contributed by atoms with van der Waals surface area (Å²) in [6, 6.07) is 8.99. The Balaban J connectivity index is 1.55. The molecule has 1 aromatic carbocycles. The molecule has 2 aromatic heterocycles. The second kappa shape index (κ2) is 9.03. The summed E-state index contributed by atoms with van der Waals surface area (Å²) in [6.45, 7) is 6.66. The van der Waals surface area contributed by atoms with E-state index in [1.165, 1.54) is 11.8 Å². The van der Waals surface area contributed by atoms with E-state index in [0.717, 1.165) is 21.8 Å². The van der Waals surface area contributed by atoms with E-state index in [4.69, 9.17) is 0 Å². The maximum atomic E-state index is 12.1. The first-order valence-electron chi connectivity index (χ1n) is 8.76. The summed E-state index contributed by atoms with van der Waals surface area (Å²) in [4.78, 5) is 25.2. The second-order valence-electron chi connectivity index (χ2n) is 6.12. The molecule has 146 valence electrons. The van der Waals surface area contributed by atoms with Crippen LogP contribution in [0.5, 0.6) is 0 Å². The molecule has 0 aliphatic rings. The monoisotopic (exact) mass is 415 g/mol. The molecule has 3 amide bonds. The molecule has 0 radical (unpaired) electrons. The van der Waals surface area contributed by atoms with Crippen LogP contribution >= 0.6 is 23.1 Å². The van der Waals surface area contributed by atoms with Crippen molar-refractivity contribution in [1.82, 2.24) is 20.1 Å². The fourth-order valence-corrected chi connectivity index (χ4v) is 4.06. The van der Waals surface area contributed by atoms with Crippen LogP contribution in [0.15, 0.2) is 40.9 Å². The van der Waals surface area contributed by atoms with Gasteiger partial charge in [-0.25, -0.2) is 4.79 Å². The van der Waals surface area contributed by atoms with E-state index in [0.29, 0.717) is 17.4 Å². The average Bonchev–Trinajstić information content (AvgIpc) is 3.31. The molecule has 0 bridgehead atoms. The van der Waals surface area contributed by atoms with Crippen molar-refractivity contribution in [3.05, 3.63) is 46.8 Å². The fraction of sp³-hybridized carbons (Fsp3) is 0.263. The summed E-state index contributed by atoms with van der Waals surface area (Å²) < 4.78 is 1.96. The number of nitrogens with one attached hydrogen (secondary N) is 2. The van der Waals surface area contributed by atoms with Gasteiger partial charge in [-0.15, -0.1) is 21.5 Å². The summed E-state index contributed by atoms with van der Waals surface area (Å²) in [7, 11) is 0. The molecule has 2 N–H and O–H groups in total. The van der Waals surface area contributed by atoms with Gasteiger partial charge in [-0.3, -0.25) is 10.1 Å². The number of thioether (sulfide) groups is 1. The molecular weight excluding hydrogens is 394 g/mol. The Morgan fingerprint density at radius 2 is 2.00 bits per heavy atom. The standard InChI is InChI=1S/C19H21N5O2S2/c1-4-24-17(15-6-5-9-27-15)22-23-19(24)28-11-16(25)21-18(26)20-14-8-7-12(2)13(3)10-14/h5-10H,4,11H2,1-3H3,(H2,20,21,25,26). The lowest BCUT2D eigenvalue weighted by Crippen LogP contribution is -2.35. The summed E-state index contributed by atoms with van der Waals surface area (Å²) in [6.07, 6.45) is 0. The molecule has 0 unspecified atom stereocenters. The predicted octanol–water partition coefficient (Wildman–Crippen LogP) is 4.08. The van der Waals surface area contributed by atoms with Crippen LogP contribution in [0.2, 0.25) is 0 Å². The molecule has 0 aliphatic carbocycles. The Kier molecular flexibility index (Phi) is 6.48. The molecule has 2 heterocycles. The Hall–Kier alpha value is -2.65. The first-order chi connectivity index (χ1) is 13.5. The van der Waals surface area contributed by atoms with Crippen LogP contribution < -0.4 is 10.6 Å². The molecular formula is C19H21N5O2S2. The van der Waals surface area contributed by atoms with Crippen molar-refractivity contribution < 1.29 is 9.59 Å². The minimum atomic E-state index is -0.551. The number of nitrogens with zero attached hydrogens (tertiary/aromatic N) is 3. The van der Waals surface area contributed by atoms with Gasteiger partial charge in [-0.1, -0.05) is 23.9 Å². The van der Waals surface area contributed by atoms with Crippen LogP contribution in [0, 0.1) is 13.8 Å². The van der Waals surface area contributed by atoms with Crippen LogP contribution in [0.4, 0.5) is 10.5 Å². The third-order valence-corrected chi connectivity index (χ3v) is 5.96. The minimum absolute atomic E-state index is 0.0723. The number of aromatic nitrogens is 3. The average molecular weight is 416 g/mol. The highest BCUT2D eigenvalue weighted by molar-refractivity contribution is 7.99. The van der Waals surface area contributed by atoms with Crippen LogP contribution in [0.25, 0.3) is 10.7 Å². The van der Waals surface area contributed by atoms with Gasteiger partial charge in [0.2, 0.25) is 5.91 Å². The number of imide groups is 1. The number of hydrogen-bond acceptors (Lipinski definition) is 6. The second-order valence-corrected chi connectivity index (χ2v) is 8.01. The number of urea groups is 1. The number of benzene rings is 1. The van der Waals surface area contributed by atoms with E-state index >= 15 is 0 Å². The predicted molar refractivity (Wildman–Crippen MR) is 113 cm³/mol. The summed E-state index contributed by atoms with van der Waals surface area (Å²) >= 11 is 2.84. The Bertz CT molecular complexity index is 982. The van der Waals surface area contributed by atoms with Gasteiger partial charge in [0.25, 0.3) is 0 Å². The minimum Gasteiger partial charge on any atom is -0.308 e. The maximum Gasteiger partial charge on any atom is 0.325 e. The lowest BCUT2D eigenvalue weighted by Gasteiger charge is -2.09. The van der Waals surface area contributed by atoms with Gasteiger partial charge in [0.15, 0.2) is 11.0 Å². The van der Waals surface area contributed by atoms with Crippen molar-refractivity contribution in [1.29, 1.82) is 0 Å². The van der Waals surface area contributed by atoms with E-state index in [1.807, 2.05) is 55.0 Å². The first-order valence-corrected chi connectivity index (χ1v) is 10.6. The SMILES string of the molecule is CCn1c(SCC(=O)NC(=O)Nc2ccc(C)c(C)c2)nnc1-c1cccs1. The van der Waals surface area contributed by atoms with Gasteiger partial charge in [-0.2, -0.15) is 0 Å². The van der Waals surface area contributed by atoms with E-state index in [2.05, 4.69) is 20.8 Å². The summed E-state index contributed by atoms with van der Waals surface area (Å²) in [5.41, 5.74) is 2.85. The summed E-state index contributed by atoms with van der Waals surface area (Å²) in [5.74, 6) is 0.464. The topological polar surface area (TPSA) is 88.9 Å². The molecule has 3 rings (SSSR count). The van der Waals surface area contributed by atoms with Crippen molar-refractivity contribution >= 4 is 40.7 Å². The normalized spacial score (nSPS) is 10.7. The van der Waals surface area contributed by atoms with Crippen molar-refractivity contribution in [3.63, 3.8) is 0 Å². The molecule has 7 nitrogen and oxygen atoms in total. The molecule has 0 spiro atoms. The van der Waals surface area contributed by atoms with Crippen LogP contribution in [0.1, 0.15) is 18.1 Å².